The molecule has 1 N–H and O–H groups in total. The van der Waals surface area contributed by atoms with E-state index in [1.54, 1.807) is 4.90 Å². The summed E-state index contributed by atoms with van der Waals surface area (Å²) in [7, 11) is 0. The van der Waals surface area contributed by atoms with E-state index in [2.05, 4.69) is 12.2 Å². The number of amides is 2. The van der Waals surface area contributed by atoms with Crippen LogP contribution in [0.5, 0.6) is 0 Å². The van der Waals surface area contributed by atoms with E-state index in [0.717, 1.165) is 31.2 Å². The second-order valence-corrected chi connectivity index (χ2v) is 6.55. The molecule has 1 aliphatic heterocycles. The molecule has 2 amide bonds. The second-order valence-electron chi connectivity index (χ2n) is 6.12. The molecule has 1 aliphatic rings. The highest BCUT2D eigenvalue weighted by Crippen LogP contribution is 2.19. The summed E-state index contributed by atoms with van der Waals surface area (Å²) in [4.78, 5) is 26.0. The monoisotopic (exact) mass is 336 g/mol. The van der Waals surface area contributed by atoms with E-state index < -0.39 is 0 Å². The van der Waals surface area contributed by atoms with Crippen molar-refractivity contribution in [3.8, 4) is 0 Å². The predicted octanol–water partition coefficient (Wildman–Crippen LogP) is 3.04. The molecule has 1 saturated heterocycles. The van der Waals surface area contributed by atoms with Gasteiger partial charge in [-0.25, -0.2) is 0 Å². The van der Waals surface area contributed by atoms with Crippen LogP contribution >= 0.6 is 11.6 Å². The van der Waals surface area contributed by atoms with Crippen molar-refractivity contribution in [2.75, 3.05) is 19.6 Å². The van der Waals surface area contributed by atoms with Crippen molar-refractivity contribution in [1.29, 1.82) is 0 Å². The molecular formula is C18H25ClN2O2. The van der Waals surface area contributed by atoms with Gasteiger partial charge >= 0.3 is 0 Å². The van der Waals surface area contributed by atoms with Crippen molar-refractivity contribution in [3.63, 3.8) is 0 Å². The van der Waals surface area contributed by atoms with E-state index in [4.69, 9.17) is 11.6 Å². The van der Waals surface area contributed by atoms with Crippen LogP contribution in [0.15, 0.2) is 24.3 Å². The lowest BCUT2D eigenvalue weighted by Crippen LogP contribution is -2.34. The first-order valence-electron chi connectivity index (χ1n) is 8.40. The largest absolute Gasteiger partial charge is 0.356 e. The SMILES string of the molecule is CCCCCNC(=O)C1CC(=O)N(CCc2ccc(Cl)cc2)C1. The van der Waals surface area contributed by atoms with Gasteiger partial charge in [0.1, 0.15) is 0 Å². The Kier molecular flexibility index (Phi) is 6.90. The highest BCUT2D eigenvalue weighted by atomic mass is 35.5. The van der Waals surface area contributed by atoms with Gasteiger partial charge in [-0.1, -0.05) is 43.5 Å². The van der Waals surface area contributed by atoms with Crippen LogP contribution in [0, 0.1) is 5.92 Å². The lowest BCUT2D eigenvalue weighted by atomic mass is 10.1. The van der Waals surface area contributed by atoms with Crippen molar-refractivity contribution in [1.82, 2.24) is 10.2 Å². The van der Waals surface area contributed by atoms with Crippen LogP contribution < -0.4 is 5.32 Å². The summed E-state index contributed by atoms with van der Waals surface area (Å²) in [5.41, 5.74) is 1.15. The van der Waals surface area contributed by atoms with E-state index in [1.165, 1.54) is 0 Å². The number of halogens is 1. The summed E-state index contributed by atoms with van der Waals surface area (Å²) in [6, 6.07) is 7.66. The zero-order valence-electron chi connectivity index (χ0n) is 13.7. The number of carbonyl (C=O) groups excluding carboxylic acids is 2. The Morgan fingerprint density at radius 1 is 1.30 bits per heavy atom. The number of hydrogen-bond donors (Lipinski definition) is 1. The van der Waals surface area contributed by atoms with Crippen LogP contribution in [0.3, 0.4) is 0 Å². The molecule has 1 fully saturated rings. The van der Waals surface area contributed by atoms with Gasteiger partial charge in [-0.15, -0.1) is 0 Å². The summed E-state index contributed by atoms with van der Waals surface area (Å²) >= 11 is 5.87. The lowest BCUT2D eigenvalue weighted by Gasteiger charge is -2.16. The van der Waals surface area contributed by atoms with Crippen molar-refractivity contribution >= 4 is 23.4 Å². The summed E-state index contributed by atoms with van der Waals surface area (Å²) in [6.07, 6.45) is 4.38. The van der Waals surface area contributed by atoms with Crippen molar-refractivity contribution in [3.05, 3.63) is 34.9 Å². The number of likely N-dealkylation sites (tertiary alicyclic amines) is 1. The number of rotatable bonds is 8. The first kappa shape index (κ1) is 17.8. The lowest BCUT2D eigenvalue weighted by molar-refractivity contribution is -0.129. The van der Waals surface area contributed by atoms with E-state index >= 15 is 0 Å². The number of carbonyl (C=O) groups is 2. The average molecular weight is 337 g/mol. The molecular weight excluding hydrogens is 312 g/mol. The van der Waals surface area contributed by atoms with Crippen LogP contribution in [0.2, 0.25) is 5.02 Å². The quantitative estimate of drug-likeness (QED) is 0.742. The molecule has 0 aliphatic carbocycles. The van der Waals surface area contributed by atoms with E-state index in [9.17, 15) is 9.59 Å². The number of benzene rings is 1. The minimum atomic E-state index is -0.200. The molecule has 1 heterocycles. The van der Waals surface area contributed by atoms with Gasteiger partial charge in [-0.3, -0.25) is 9.59 Å². The Morgan fingerprint density at radius 3 is 2.74 bits per heavy atom. The Balaban J connectivity index is 1.75. The highest BCUT2D eigenvalue weighted by molar-refractivity contribution is 6.30. The Bertz CT molecular complexity index is 530. The van der Waals surface area contributed by atoms with Crippen LogP contribution in [-0.4, -0.2) is 36.3 Å². The Labute approximate surface area is 143 Å². The van der Waals surface area contributed by atoms with Gasteiger partial charge in [0.15, 0.2) is 0 Å². The number of nitrogens with zero attached hydrogens (tertiary/aromatic N) is 1. The van der Waals surface area contributed by atoms with Gasteiger partial charge in [-0.2, -0.15) is 0 Å². The van der Waals surface area contributed by atoms with Crippen LogP contribution in [0.4, 0.5) is 0 Å². The van der Waals surface area contributed by atoms with Gasteiger partial charge in [0.05, 0.1) is 5.92 Å². The fraction of sp³-hybridized carbons (Fsp3) is 0.556. The molecule has 1 aromatic carbocycles. The maximum atomic E-state index is 12.1. The fourth-order valence-corrected chi connectivity index (χ4v) is 2.94. The minimum absolute atomic E-state index is 0.0171. The fourth-order valence-electron chi connectivity index (χ4n) is 2.81. The molecule has 0 bridgehead atoms. The number of nitrogens with one attached hydrogen (secondary N) is 1. The minimum Gasteiger partial charge on any atom is -0.356 e. The normalized spacial score (nSPS) is 17.6. The zero-order valence-corrected chi connectivity index (χ0v) is 14.4. The van der Waals surface area contributed by atoms with Crippen molar-refractivity contribution in [2.45, 2.75) is 39.0 Å². The molecule has 0 saturated carbocycles. The van der Waals surface area contributed by atoms with Crippen molar-refractivity contribution in [2.24, 2.45) is 5.92 Å². The maximum Gasteiger partial charge on any atom is 0.225 e. The molecule has 0 radical (unpaired) electrons. The van der Waals surface area contributed by atoms with E-state index in [1.807, 2.05) is 24.3 Å². The van der Waals surface area contributed by atoms with Crippen LogP contribution in [0.1, 0.15) is 38.2 Å². The molecule has 4 nitrogen and oxygen atoms in total. The van der Waals surface area contributed by atoms with E-state index in [0.29, 0.717) is 31.1 Å². The first-order valence-corrected chi connectivity index (χ1v) is 8.78. The smallest absolute Gasteiger partial charge is 0.225 e. The van der Waals surface area contributed by atoms with E-state index in [-0.39, 0.29) is 17.7 Å². The number of hydrogen-bond acceptors (Lipinski definition) is 2. The first-order chi connectivity index (χ1) is 11.1. The van der Waals surface area contributed by atoms with Gasteiger partial charge < -0.3 is 10.2 Å². The van der Waals surface area contributed by atoms with Crippen LogP contribution in [-0.2, 0) is 16.0 Å². The molecule has 2 rings (SSSR count). The third-order valence-corrected chi connectivity index (χ3v) is 4.50. The van der Waals surface area contributed by atoms with Gasteiger partial charge in [0, 0.05) is 31.1 Å². The molecule has 1 atom stereocenters. The molecule has 23 heavy (non-hydrogen) atoms. The molecule has 0 spiro atoms. The Morgan fingerprint density at radius 2 is 2.04 bits per heavy atom. The molecule has 0 aromatic heterocycles. The molecule has 1 unspecified atom stereocenters. The van der Waals surface area contributed by atoms with Crippen LogP contribution in [0.25, 0.3) is 0 Å². The summed E-state index contributed by atoms with van der Waals surface area (Å²) < 4.78 is 0. The molecule has 1 aromatic rings. The molecule has 126 valence electrons. The number of unbranched alkanes of at least 4 members (excludes halogenated alkanes) is 2. The predicted molar refractivity (Wildman–Crippen MR) is 92.4 cm³/mol. The van der Waals surface area contributed by atoms with Gasteiger partial charge in [0.2, 0.25) is 11.8 Å². The highest BCUT2D eigenvalue weighted by Gasteiger charge is 2.33. The summed E-state index contributed by atoms with van der Waals surface area (Å²) in [6.45, 7) is 4.03. The second kappa shape index (κ2) is 8.92. The summed E-state index contributed by atoms with van der Waals surface area (Å²) in [5.74, 6) is -0.106. The Hall–Kier alpha value is -1.55. The third-order valence-electron chi connectivity index (χ3n) is 4.25. The van der Waals surface area contributed by atoms with Gasteiger partial charge in [-0.05, 0) is 30.5 Å². The summed E-state index contributed by atoms with van der Waals surface area (Å²) in [5, 5.41) is 3.66. The van der Waals surface area contributed by atoms with Gasteiger partial charge in [0.25, 0.3) is 0 Å². The average Bonchev–Trinajstić information content (AvgIpc) is 2.92. The maximum absolute atomic E-state index is 12.1. The third kappa shape index (κ3) is 5.54. The molecule has 5 heteroatoms. The zero-order chi connectivity index (χ0) is 16.7. The van der Waals surface area contributed by atoms with Crippen molar-refractivity contribution < 1.29 is 9.59 Å². The standard InChI is InChI=1S/C18H25ClN2O2/c1-2-3-4-10-20-18(23)15-12-17(22)21(13-15)11-9-14-5-7-16(19)8-6-14/h5-8,15H,2-4,9-13H2,1H3,(H,20,23). The topological polar surface area (TPSA) is 49.4 Å².